The molecule has 0 amide bonds. The third-order valence-electron chi connectivity index (χ3n) is 0. The van der Waals surface area contributed by atoms with Crippen LogP contribution in [-0.4, -0.2) is 11.6 Å². The highest BCUT2D eigenvalue weighted by molar-refractivity contribution is 5.72. The summed E-state index contributed by atoms with van der Waals surface area (Å²) in [4.78, 5) is 18.9. The van der Waals surface area contributed by atoms with Gasteiger partial charge in [0.1, 0.15) is 11.6 Å². The van der Waals surface area contributed by atoms with Crippen molar-refractivity contribution < 1.29 is 9.59 Å². The van der Waals surface area contributed by atoms with Gasteiger partial charge in [0.15, 0.2) is 0 Å². The fourth-order valence-corrected chi connectivity index (χ4v) is 0. The van der Waals surface area contributed by atoms with Gasteiger partial charge in [0.2, 0.25) is 0 Å². The molecular formula is C8H15NO2. The molecule has 0 N–H and O–H groups in total. The smallest absolute Gasteiger partial charge is 0.126 e. The normalized spacial score (nSPS) is 5.45. The van der Waals surface area contributed by atoms with Gasteiger partial charge in [-0.3, -0.25) is 0 Å². The average molecular weight is 157 g/mol. The molecule has 3 heteroatoms. The summed E-state index contributed by atoms with van der Waals surface area (Å²) in [5.41, 5.74) is 0. The number of ketones is 2. The Labute approximate surface area is 68.0 Å². The van der Waals surface area contributed by atoms with Crippen molar-refractivity contribution in [2.24, 2.45) is 0 Å². The second-order valence-corrected chi connectivity index (χ2v) is 2.04. The Kier molecular flexibility index (Phi) is 23.8. The van der Waals surface area contributed by atoms with Crippen molar-refractivity contribution in [1.82, 2.24) is 0 Å². The maximum absolute atomic E-state index is 9.44. The van der Waals surface area contributed by atoms with Crippen molar-refractivity contribution in [2.45, 2.75) is 34.6 Å². The number of hydrogen-bond acceptors (Lipinski definition) is 3. The van der Waals surface area contributed by atoms with E-state index in [0.717, 1.165) is 0 Å². The van der Waals surface area contributed by atoms with Gasteiger partial charge in [-0.1, -0.05) is 0 Å². The van der Waals surface area contributed by atoms with Crippen LogP contribution in [0.2, 0.25) is 0 Å². The molecule has 0 aromatic carbocycles. The number of Topliss-reactive ketones (excluding diaryl/α,β-unsaturated/α-hetero) is 2. The maximum Gasteiger partial charge on any atom is 0.126 e. The quantitative estimate of drug-likeness (QED) is 0.538. The lowest BCUT2D eigenvalue weighted by molar-refractivity contribution is -0.115. The number of nitriles is 1. The van der Waals surface area contributed by atoms with Gasteiger partial charge >= 0.3 is 0 Å². The summed E-state index contributed by atoms with van der Waals surface area (Å²) < 4.78 is 0. The Balaban J connectivity index is -0.0000000886. The van der Waals surface area contributed by atoms with E-state index in [0.29, 0.717) is 0 Å². The minimum absolute atomic E-state index is 0.167. The predicted octanol–water partition coefficient (Wildman–Crippen LogP) is 1.72. The van der Waals surface area contributed by atoms with E-state index in [9.17, 15) is 9.59 Å². The van der Waals surface area contributed by atoms with Crippen LogP contribution in [-0.2, 0) is 9.59 Å². The molecule has 0 unspecified atom stereocenters. The maximum atomic E-state index is 9.44. The van der Waals surface area contributed by atoms with Gasteiger partial charge in [-0.2, -0.15) is 5.26 Å². The van der Waals surface area contributed by atoms with Gasteiger partial charge in [-0.15, -0.1) is 0 Å². The average Bonchev–Trinajstić information content (AvgIpc) is 1.60. The second-order valence-electron chi connectivity index (χ2n) is 2.04. The third-order valence-corrected chi connectivity index (χ3v) is 0. The van der Waals surface area contributed by atoms with Crippen LogP contribution in [0.1, 0.15) is 34.6 Å². The Hall–Kier alpha value is -1.17. The van der Waals surface area contributed by atoms with Gasteiger partial charge < -0.3 is 9.59 Å². The molecule has 0 aliphatic heterocycles. The molecule has 0 aromatic rings. The van der Waals surface area contributed by atoms with Gasteiger partial charge in [0.05, 0.1) is 6.07 Å². The lowest BCUT2D eigenvalue weighted by Crippen LogP contribution is -1.69. The molecule has 0 radical (unpaired) electrons. The van der Waals surface area contributed by atoms with E-state index in [1.54, 1.807) is 6.07 Å². The minimum atomic E-state index is 0.167. The van der Waals surface area contributed by atoms with Crippen LogP contribution in [0.5, 0.6) is 0 Å². The SMILES string of the molecule is CC#N.CC(C)=O.CC(C)=O. The minimum Gasteiger partial charge on any atom is -0.300 e. The lowest BCUT2D eigenvalue weighted by atomic mass is 10.6. The molecule has 0 rings (SSSR count). The summed E-state index contributed by atoms with van der Waals surface area (Å²) >= 11 is 0. The van der Waals surface area contributed by atoms with Crippen molar-refractivity contribution in [3.05, 3.63) is 0 Å². The molecule has 0 heterocycles. The van der Waals surface area contributed by atoms with Gasteiger partial charge in [-0.25, -0.2) is 0 Å². The zero-order valence-corrected chi connectivity index (χ0v) is 7.76. The van der Waals surface area contributed by atoms with E-state index in [-0.39, 0.29) is 11.6 Å². The second kappa shape index (κ2) is 15.9. The van der Waals surface area contributed by atoms with Crippen molar-refractivity contribution >= 4 is 11.6 Å². The molecule has 0 aliphatic carbocycles. The van der Waals surface area contributed by atoms with Crippen LogP contribution in [0.15, 0.2) is 0 Å². The fraction of sp³-hybridized carbons (Fsp3) is 0.625. The number of carbonyl (C=O) groups is 2. The predicted molar refractivity (Wildman–Crippen MR) is 44.0 cm³/mol. The number of hydrogen-bond donors (Lipinski definition) is 0. The summed E-state index contributed by atoms with van der Waals surface area (Å²) in [7, 11) is 0. The van der Waals surface area contributed by atoms with E-state index >= 15 is 0 Å². The molecule has 11 heavy (non-hydrogen) atoms. The summed E-state index contributed by atoms with van der Waals surface area (Å²) in [6.45, 7) is 7.54. The molecule has 0 bridgehead atoms. The molecule has 0 spiro atoms. The van der Waals surface area contributed by atoms with E-state index in [2.05, 4.69) is 0 Å². The van der Waals surface area contributed by atoms with Crippen LogP contribution < -0.4 is 0 Å². The topological polar surface area (TPSA) is 57.9 Å². The van der Waals surface area contributed by atoms with E-state index in [1.165, 1.54) is 34.6 Å². The highest BCUT2D eigenvalue weighted by Crippen LogP contribution is 1.50. The van der Waals surface area contributed by atoms with Gasteiger partial charge in [-0.05, 0) is 27.7 Å². The van der Waals surface area contributed by atoms with Crippen molar-refractivity contribution in [3.63, 3.8) is 0 Å². The van der Waals surface area contributed by atoms with Crippen LogP contribution in [0.25, 0.3) is 0 Å². The standard InChI is InChI=1S/2C3H6O.C2H3N/c2*1-3(2)4;1-2-3/h2*1-2H3;1H3. The summed E-state index contributed by atoms with van der Waals surface area (Å²) in [5, 5.41) is 7.32. The van der Waals surface area contributed by atoms with E-state index in [1.807, 2.05) is 0 Å². The molecule has 3 nitrogen and oxygen atoms in total. The fourth-order valence-electron chi connectivity index (χ4n) is 0. The van der Waals surface area contributed by atoms with Crippen LogP contribution in [0.3, 0.4) is 0 Å². The molecule has 0 aliphatic rings. The number of carbonyl (C=O) groups excluding carboxylic acids is 2. The first-order chi connectivity index (χ1) is 4.88. The highest BCUT2D eigenvalue weighted by Gasteiger charge is 1.62. The molecule has 0 fully saturated rings. The first-order valence-corrected chi connectivity index (χ1v) is 3.13. The Morgan fingerprint density at radius 2 is 1.00 bits per heavy atom. The van der Waals surface area contributed by atoms with Gasteiger partial charge in [0, 0.05) is 6.92 Å². The van der Waals surface area contributed by atoms with Crippen LogP contribution in [0.4, 0.5) is 0 Å². The Bertz CT molecular complexity index is 125. The zero-order valence-electron chi connectivity index (χ0n) is 7.76. The summed E-state index contributed by atoms with van der Waals surface area (Å²) in [6.07, 6.45) is 0. The van der Waals surface area contributed by atoms with E-state index in [4.69, 9.17) is 5.26 Å². The van der Waals surface area contributed by atoms with Crippen molar-refractivity contribution in [2.75, 3.05) is 0 Å². The molecular weight excluding hydrogens is 142 g/mol. The first-order valence-electron chi connectivity index (χ1n) is 3.13. The Morgan fingerprint density at radius 3 is 1.00 bits per heavy atom. The van der Waals surface area contributed by atoms with Crippen LogP contribution in [0, 0.1) is 11.3 Å². The molecule has 0 saturated carbocycles. The summed E-state index contributed by atoms with van der Waals surface area (Å²) in [6, 6.07) is 1.75. The number of nitrogens with zero attached hydrogens (tertiary/aromatic N) is 1. The van der Waals surface area contributed by atoms with Gasteiger partial charge in [0.25, 0.3) is 0 Å². The molecule has 0 saturated heterocycles. The van der Waals surface area contributed by atoms with Crippen molar-refractivity contribution in [3.8, 4) is 6.07 Å². The lowest BCUT2D eigenvalue weighted by Gasteiger charge is -1.56. The molecule has 0 aromatic heterocycles. The summed E-state index contributed by atoms with van der Waals surface area (Å²) in [5.74, 6) is 0.333. The third kappa shape index (κ3) is 301. The number of rotatable bonds is 0. The highest BCUT2D eigenvalue weighted by atomic mass is 16.1. The Morgan fingerprint density at radius 1 is 1.00 bits per heavy atom. The molecule has 64 valence electrons. The zero-order chi connectivity index (χ0) is 9.86. The largest absolute Gasteiger partial charge is 0.300 e. The van der Waals surface area contributed by atoms with Crippen LogP contribution >= 0.6 is 0 Å². The van der Waals surface area contributed by atoms with E-state index < -0.39 is 0 Å². The van der Waals surface area contributed by atoms with Crippen molar-refractivity contribution in [1.29, 1.82) is 5.26 Å². The first kappa shape index (κ1) is 16.4. The molecule has 0 atom stereocenters. The monoisotopic (exact) mass is 157 g/mol.